The van der Waals surface area contributed by atoms with Crippen LogP contribution in [-0.2, 0) is 4.79 Å². The number of rotatable bonds is 1. The van der Waals surface area contributed by atoms with E-state index in [0.717, 1.165) is 42.8 Å². The molecule has 1 heterocycles. The van der Waals surface area contributed by atoms with Crippen LogP contribution >= 0.6 is 0 Å². The quantitative estimate of drug-likeness (QED) is 0.775. The van der Waals surface area contributed by atoms with Gasteiger partial charge in [0.2, 0.25) is 5.91 Å². The average Bonchev–Trinajstić information content (AvgIpc) is 2.37. The van der Waals surface area contributed by atoms with Gasteiger partial charge in [-0.1, -0.05) is 25.5 Å². The first kappa shape index (κ1) is 14.6. The number of carbonyl (C=O) groups excluding carboxylic acids is 1. The molecule has 1 rings (SSSR count). The first-order valence-electron chi connectivity index (χ1n) is 6.62. The zero-order valence-corrected chi connectivity index (χ0v) is 11.5. The molecule has 1 fully saturated rings. The van der Waals surface area contributed by atoms with E-state index in [4.69, 9.17) is 5.73 Å². The molecule has 0 atom stereocenters. The van der Waals surface area contributed by atoms with Crippen molar-refractivity contribution in [3.8, 4) is 0 Å². The van der Waals surface area contributed by atoms with Crippen LogP contribution in [0.3, 0.4) is 0 Å². The smallest absolute Gasteiger partial charge is 0.223 e. The summed E-state index contributed by atoms with van der Waals surface area (Å²) in [5.74, 6) is 0.0706. The zero-order chi connectivity index (χ0) is 13.5. The van der Waals surface area contributed by atoms with Crippen molar-refractivity contribution in [2.24, 2.45) is 5.73 Å². The van der Waals surface area contributed by atoms with E-state index in [1.807, 2.05) is 19.1 Å². The van der Waals surface area contributed by atoms with Crippen molar-refractivity contribution >= 4 is 5.91 Å². The second kappa shape index (κ2) is 7.04. The highest BCUT2D eigenvalue weighted by molar-refractivity contribution is 5.76. The summed E-state index contributed by atoms with van der Waals surface area (Å²) in [7, 11) is 0. The van der Waals surface area contributed by atoms with Gasteiger partial charge in [-0.15, -0.1) is 0 Å². The summed E-state index contributed by atoms with van der Waals surface area (Å²) in [6, 6.07) is 0. The highest BCUT2D eigenvalue weighted by Gasteiger charge is 2.16. The lowest BCUT2D eigenvalue weighted by Crippen LogP contribution is -2.29. The Morgan fingerprint density at radius 2 is 1.94 bits per heavy atom. The number of allylic oxidation sites excluding steroid dienone is 4. The summed E-state index contributed by atoms with van der Waals surface area (Å²) in [5, 5.41) is 0. The Morgan fingerprint density at radius 1 is 1.28 bits per heavy atom. The van der Waals surface area contributed by atoms with Gasteiger partial charge in [0.25, 0.3) is 0 Å². The maximum absolute atomic E-state index is 11.7. The fraction of sp³-hybridized carbons (Fsp3) is 0.533. The van der Waals surface area contributed by atoms with Gasteiger partial charge in [0, 0.05) is 24.9 Å². The van der Waals surface area contributed by atoms with Crippen molar-refractivity contribution in [1.29, 1.82) is 0 Å². The molecule has 1 aliphatic heterocycles. The second-order valence-corrected chi connectivity index (χ2v) is 4.88. The van der Waals surface area contributed by atoms with Crippen molar-refractivity contribution in [2.45, 2.75) is 46.0 Å². The van der Waals surface area contributed by atoms with Crippen LogP contribution in [0, 0.1) is 0 Å². The van der Waals surface area contributed by atoms with Gasteiger partial charge in [0.15, 0.2) is 0 Å². The van der Waals surface area contributed by atoms with E-state index in [9.17, 15) is 4.79 Å². The summed E-state index contributed by atoms with van der Waals surface area (Å²) in [6.07, 6.45) is 9.44. The molecule has 0 aromatic heterocycles. The predicted molar refractivity (Wildman–Crippen MR) is 75.6 cm³/mol. The van der Waals surface area contributed by atoms with Gasteiger partial charge in [-0.3, -0.25) is 4.79 Å². The van der Waals surface area contributed by atoms with Crippen molar-refractivity contribution in [1.82, 2.24) is 4.90 Å². The van der Waals surface area contributed by atoms with E-state index in [-0.39, 0.29) is 5.91 Å². The van der Waals surface area contributed by atoms with E-state index < -0.39 is 0 Å². The molecule has 100 valence electrons. The number of amides is 1. The Labute approximate surface area is 110 Å². The van der Waals surface area contributed by atoms with Crippen molar-refractivity contribution in [2.75, 3.05) is 6.54 Å². The molecule has 2 N–H and O–H groups in total. The van der Waals surface area contributed by atoms with Crippen LogP contribution in [-0.4, -0.2) is 17.4 Å². The summed E-state index contributed by atoms with van der Waals surface area (Å²) in [5.41, 5.74) is 8.38. The Bertz CT molecular complexity index is 376. The third-order valence-corrected chi connectivity index (χ3v) is 3.20. The third kappa shape index (κ3) is 4.40. The average molecular weight is 248 g/mol. The fourth-order valence-corrected chi connectivity index (χ4v) is 2.15. The summed E-state index contributed by atoms with van der Waals surface area (Å²) in [6.45, 7) is 8.32. The second-order valence-electron chi connectivity index (χ2n) is 4.88. The number of hydrogen-bond donors (Lipinski definition) is 1. The van der Waals surface area contributed by atoms with Crippen LogP contribution in [0.15, 0.2) is 35.7 Å². The topological polar surface area (TPSA) is 46.3 Å². The maximum Gasteiger partial charge on any atom is 0.223 e. The van der Waals surface area contributed by atoms with Gasteiger partial charge in [0.05, 0.1) is 0 Å². The molecule has 3 nitrogen and oxygen atoms in total. The fourth-order valence-electron chi connectivity index (χ4n) is 2.15. The lowest BCUT2D eigenvalue weighted by molar-refractivity contribution is -0.126. The molecule has 0 saturated carbocycles. The lowest BCUT2D eigenvalue weighted by atomic mass is 10.0. The van der Waals surface area contributed by atoms with Gasteiger partial charge in [-0.25, -0.2) is 0 Å². The van der Waals surface area contributed by atoms with Crippen molar-refractivity contribution < 1.29 is 4.79 Å². The van der Waals surface area contributed by atoms with E-state index >= 15 is 0 Å². The number of nitrogens with two attached hydrogens (primary N) is 1. The Morgan fingerprint density at radius 3 is 2.56 bits per heavy atom. The first-order valence-corrected chi connectivity index (χ1v) is 6.62. The molecule has 1 amide bonds. The number of nitrogens with zero attached hydrogens (tertiary/aromatic N) is 1. The molecule has 0 bridgehead atoms. The number of carbonyl (C=O) groups is 1. The molecule has 0 radical (unpaired) electrons. The SMILES string of the molecule is C=C1/C(=C\C=C(/C)N)CCCCCCN1C(C)=O. The van der Waals surface area contributed by atoms with E-state index in [2.05, 4.69) is 6.58 Å². The van der Waals surface area contributed by atoms with Crippen LogP contribution in [0.25, 0.3) is 0 Å². The summed E-state index contributed by atoms with van der Waals surface area (Å²) >= 11 is 0. The zero-order valence-electron chi connectivity index (χ0n) is 11.5. The normalized spacial score (nSPS) is 21.4. The number of hydrogen-bond acceptors (Lipinski definition) is 2. The minimum atomic E-state index is 0.0706. The van der Waals surface area contributed by atoms with Crippen LogP contribution in [0.4, 0.5) is 0 Å². The third-order valence-electron chi connectivity index (χ3n) is 3.20. The first-order chi connectivity index (χ1) is 8.52. The molecule has 0 unspecified atom stereocenters. The summed E-state index contributed by atoms with van der Waals surface area (Å²) < 4.78 is 0. The van der Waals surface area contributed by atoms with E-state index in [0.29, 0.717) is 0 Å². The molecule has 0 aromatic rings. The van der Waals surface area contributed by atoms with Crippen LogP contribution in [0.2, 0.25) is 0 Å². The predicted octanol–water partition coefficient (Wildman–Crippen LogP) is 3.10. The molecule has 0 spiro atoms. The molecule has 1 aliphatic rings. The van der Waals surface area contributed by atoms with Gasteiger partial charge in [-0.2, -0.15) is 0 Å². The highest BCUT2D eigenvalue weighted by atomic mass is 16.2. The van der Waals surface area contributed by atoms with Crippen LogP contribution in [0.5, 0.6) is 0 Å². The van der Waals surface area contributed by atoms with Gasteiger partial charge < -0.3 is 10.6 Å². The molecule has 18 heavy (non-hydrogen) atoms. The molecule has 0 aromatic carbocycles. The Balaban J connectivity index is 2.96. The van der Waals surface area contributed by atoms with Crippen molar-refractivity contribution in [3.63, 3.8) is 0 Å². The van der Waals surface area contributed by atoms with E-state index in [1.54, 1.807) is 11.8 Å². The van der Waals surface area contributed by atoms with Gasteiger partial charge >= 0.3 is 0 Å². The Hall–Kier alpha value is -1.51. The monoisotopic (exact) mass is 248 g/mol. The highest BCUT2D eigenvalue weighted by Crippen LogP contribution is 2.23. The van der Waals surface area contributed by atoms with Crippen LogP contribution in [0.1, 0.15) is 46.0 Å². The van der Waals surface area contributed by atoms with E-state index in [1.165, 1.54) is 12.8 Å². The summed E-state index contributed by atoms with van der Waals surface area (Å²) in [4.78, 5) is 13.5. The lowest BCUT2D eigenvalue weighted by Gasteiger charge is -2.24. The molecule has 1 saturated heterocycles. The molecule has 3 heteroatoms. The van der Waals surface area contributed by atoms with Crippen molar-refractivity contribution in [3.05, 3.63) is 35.7 Å². The Kier molecular flexibility index (Phi) is 5.69. The minimum Gasteiger partial charge on any atom is -0.402 e. The van der Waals surface area contributed by atoms with Crippen LogP contribution < -0.4 is 5.73 Å². The largest absolute Gasteiger partial charge is 0.402 e. The molecular weight excluding hydrogens is 224 g/mol. The minimum absolute atomic E-state index is 0.0706. The standard InChI is InChI=1S/C15H24N2O/c1-12(16)9-10-15-8-6-4-5-7-11-17(13(15)2)14(3)18/h9-10H,2,4-8,11,16H2,1,3H3/b12-9+,15-10-. The van der Waals surface area contributed by atoms with Gasteiger partial charge in [-0.05, 0) is 37.8 Å². The van der Waals surface area contributed by atoms with Gasteiger partial charge in [0.1, 0.15) is 0 Å². The molecule has 0 aliphatic carbocycles. The molecular formula is C15H24N2O. The maximum atomic E-state index is 11.7.